The lowest BCUT2D eigenvalue weighted by Crippen LogP contribution is -2.29. The summed E-state index contributed by atoms with van der Waals surface area (Å²) in [4.78, 5) is 13.5. The highest BCUT2D eigenvalue weighted by Crippen LogP contribution is 2.19. The molecular weight excluding hydrogens is 214 g/mol. The van der Waals surface area contributed by atoms with Crippen molar-refractivity contribution < 1.29 is 9.90 Å². The molecule has 1 aromatic rings. The van der Waals surface area contributed by atoms with E-state index in [9.17, 15) is 4.79 Å². The number of hydrogen-bond acceptors (Lipinski definition) is 2. The summed E-state index contributed by atoms with van der Waals surface area (Å²) in [5, 5.41) is 8.71. The number of amides is 1. The zero-order valence-electron chi connectivity index (χ0n) is 10.8. The molecule has 0 aromatic heterocycles. The number of nitrogens with zero attached hydrogens (tertiary/aromatic N) is 1. The number of carbonyl (C=O) groups is 1. The third-order valence-electron chi connectivity index (χ3n) is 3.08. The number of aryl methyl sites for hydroxylation is 1. The first-order valence-electron chi connectivity index (χ1n) is 5.99. The first kappa shape index (κ1) is 13.7. The molecule has 0 heterocycles. The maximum Gasteiger partial charge on any atom is 0.222 e. The fraction of sp³-hybridized carbons (Fsp3) is 0.500. The molecule has 94 valence electrons. The summed E-state index contributed by atoms with van der Waals surface area (Å²) in [6.07, 6.45) is 0.937. The summed E-state index contributed by atoms with van der Waals surface area (Å²) in [5.41, 5.74) is 2.35. The molecule has 0 aliphatic rings. The highest BCUT2D eigenvalue weighted by molar-refractivity contribution is 5.76. The second-order valence-electron chi connectivity index (χ2n) is 4.42. The van der Waals surface area contributed by atoms with E-state index >= 15 is 0 Å². The topological polar surface area (TPSA) is 40.5 Å². The Morgan fingerprint density at radius 2 is 1.94 bits per heavy atom. The molecule has 0 fully saturated rings. The number of hydrogen-bond donors (Lipinski definition) is 1. The molecule has 0 aliphatic heterocycles. The molecule has 1 amide bonds. The van der Waals surface area contributed by atoms with Crippen molar-refractivity contribution in [3.63, 3.8) is 0 Å². The van der Waals surface area contributed by atoms with Gasteiger partial charge >= 0.3 is 0 Å². The van der Waals surface area contributed by atoms with E-state index in [2.05, 4.69) is 24.3 Å². The number of aliphatic hydroxyl groups is 1. The summed E-state index contributed by atoms with van der Waals surface area (Å²) in [6, 6.07) is 8.28. The van der Waals surface area contributed by atoms with E-state index < -0.39 is 0 Å². The van der Waals surface area contributed by atoms with Gasteiger partial charge in [0.05, 0.1) is 6.04 Å². The van der Waals surface area contributed by atoms with Crippen molar-refractivity contribution in [3.05, 3.63) is 35.4 Å². The number of rotatable bonds is 5. The molecular formula is C14H21NO2. The molecule has 1 N–H and O–H groups in total. The van der Waals surface area contributed by atoms with Gasteiger partial charge in [0.15, 0.2) is 0 Å². The minimum absolute atomic E-state index is 0.0679. The smallest absolute Gasteiger partial charge is 0.222 e. The molecule has 0 saturated heterocycles. The Balaban J connectivity index is 2.65. The Morgan fingerprint density at radius 1 is 1.35 bits per heavy atom. The minimum Gasteiger partial charge on any atom is -0.396 e. The van der Waals surface area contributed by atoms with Crippen LogP contribution in [0, 0.1) is 6.92 Å². The van der Waals surface area contributed by atoms with Crippen LogP contribution in [0.2, 0.25) is 0 Å². The molecule has 0 aliphatic carbocycles. The van der Waals surface area contributed by atoms with Crippen LogP contribution in [0.15, 0.2) is 24.3 Å². The Kier molecular flexibility index (Phi) is 5.16. The zero-order valence-corrected chi connectivity index (χ0v) is 10.8. The predicted octanol–water partition coefficient (Wildman–Crippen LogP) is 2.29. The van der Waals surface area contributed by atoms with E-state index in [1.54, 1.807) is 4.90 Å². The fourth-order valence-corrected chi connectivity index (χ4v) is 1.69. The van der Waals surface area contributed by atoms with Gasteiger partial charge in [0.1, 0.15) is 0 Å². The molecule has 1 unspecified atom stereocenters. The van der Waals surface area contributed by atoms with Gasteiger partial charge in [0, 0.05) is 20.1 Å². The van der Waals surface area contributed by atoms with E-state index in [0.29, 0.717) is 12.8 Å². The van der Waals surface area contributed by atoms with Crippen LogP contribution in [0.1, 0.15) is 36.9 Å². The largest absolute Gasteiger partial charge is 0.396 e. The van der Waals surface area contributed by atoms with Gasteiger partial charge in [0.2, 0.25) is 5.91 Å². The lowest BCUT2D eigenvalue weighted by molar-refractivity contribution is -0.132. The van der Waals surface area contributed by atoms with Gasteiger partial charge in [-0.15, -0.1) is 0 Å². The van der Waals surface area contributed by atoms with Gasteiger partial charge in [0.25, 0.3) is 0 Å². The van der Waals surface area contributed by atoms with Crippen molar-refractivity contribution in [1.29, 1.82) is 0 Å². The normalized spacial score (nSPS) is 12.2. The van der Waals surface area contributed by atoms with Gasteiger partial charge < -0.3 is 10.0 Å². The molecule has 0 radical (unpaired) electrons. The molecule has 1 rings (SSSR count). The van der Waals surface area contributed by atoms with E-state index in [-0.39, 0.29) is 18.6 Å². The molecule has 3 heteroatoms. The van der Waals surface area contributed by atoms with E-state index in [1.807, 2.05) is 20.9 Å². The lowest BCUT2D eigenvalue weighted by Gasteiger charge is -2.25. The second-order valence-corrected chi connectivity index (χ2v) is 4.42. The third-order valence-corrected chi connectivity index (χ3v) is 3.08. The molecule has 0 bridgehead atoms. The van der Waals surface area contributed by atoms with Crippen LogP contribution in [0.25, 0.3) is 0 Å². The fourth-order valence-electron chi connectivity index (χ4n) is 1.69. The molecule has 3 nitrogen and oxygen atoms in total. The maximum absolute atomic E-state index is 11.8. The quantitative estimate of drug-likeness (QED) is 0.850. The maximum atomic E-state index is 11.8. The Morgan fingerprint density at radius 3 is 2.47 bits per heavy atom. The average Bonchev–Trinajstić information content (AvgIpc) is 2.35. The number of aliphatic hydroxyl groups excluding tert-OH is 1. The second kappa shape index (κ2) is 6.40. The van der Waals surface area contributed by atoms with Crippen LogP contribution in [-0.4, -0.2) is 29.6 Å². The van der Waals surface area contributed by atoms with E-state index in [1.165, 1.54) is 5.56 Å². The van der Waals surface area contributed by atoms with Crippen molar-refractivity contribution in [2.75, 3.05) is 13.7 Å². The van der Waals surface area contributed by atoms with Crippen LogP contribution in [0.3, 0.4) is 0 Å². The lowest BCUT2D eigenvalue weighted by atomic mass is 10.1. The number of benzene rings is 1. The molecule has 1 atom stereocenters. The van der Waals surface area contributed by atoms with Crippen molar-refractivity contribution in [1.82, 2.24) is 4.90 Å². The SMILES string of the molecule is Cc1ccc(C(C)N(C)C(=O)CCCO)cc1. The van der Waals surface area contributed by atoms with Crippen LogP contribution in [-0.2, 0) is 4.79 Å². The first-order chi connectivity index (χ1) is 8.06. The van der Waals surface area contributed by atoms with Crippen molar-refractivity contribution >= 4 is 5.91 Å². The van der Waals surface area contributed by atoms with Gasteiger partial charge in [-0.25, -0.2) is 0 Å². The van der Waals surface area contributed by atoms with Gasteiger partial charge in [-0.2, -0.15) is 0 Å². The minimum atomic E-state index is 0.0679. The summed E-state index contributed by atoms with van der Waals surface area (Å²) in [5.74, 6) is 0.0760. The van der Waals surface area contributed by atoms with Crippen molar-refractivity contribution in [2.45, 2.75) is 32.7 Å². The Bertz CT molecular complexity index is 359. The van der Waals surface area contributed by atoms with Crippen LogP contribution < -0.4 is 0 Å². The highest BCUT2D eigenvalue weighted by Gasteiger charge is 2.16. The van der Waals surface area contributed by atoms with Gasteiger partial charge in [-0.1, -0.05) is 29.8 Å². The summed E-state index contributed by atoms with van der Waals surface area (Å²) < 4.78 is 0. The molecule has 17 heavy (non-hydrogen) atoms. The molecule has 0 spiro atoms. The summed E-state index contributed by atoms with van der Waals surface area (Å²) in [7, 11) is 1.81. The predicted molar refractivity (Wildman–Crippen MR) is 68.7 cm³/mol. The van der Waals surface area contributed by atoms with Crippen molar-refractivity contribution in [3.8, 4) is 0 Å². The summed E-state index contributed by atoms with van der Waals surface area (Å²) in [6.45, 7) is 4.13. The van der Waals surface area contributed by atoms with E-state index in [4.69, 9.17) is 5.11 Å². The van der Waals surface area contributed by atoms with Gasteiger partial charge in [-0.05, 0) is 25.8 Å². The third kappa shape index (κ3) is 3.86. The molecule has 1 aromatic carbocycles. The highest BCUT2D eigenvalue weighted by atomic mass is 16.3. The first-order valence-corrected chi connectivity index (χ1v) is 5.99. The van der Waals surface area contributed by atoms with Crippen LogP contribution >= 0.6 is 0 Å². The van der Waals surface area contributed by atoms with Crippen LogP contribution in [0.4, 0.5) is 0 Å². The van der Waals surface area contributed by atoms with Crippen molar-refractivity contribution in [2.24, 2.45) is 0 Å². The van der Waals surface area contributed by atoms with Gasteiger partial charge in [-0.3, -0.25) is 4.79 Å². The monoisotopic (exact) mass is 235 g/mol. The number of carbonyl (C=O) groups excluding carboxylic acids is 1. The molecule has 0 saturated carbocycles. The summed E-state index contributed by atoms with van der Waals surface area (Å²) >= 11 is 0. The standard InChI is InChI=1S/C14H21NO2/c1-11-6-8-13(9-7-11)12(2)15(3)14(17)5-4-10-16/h6-9,12,16H,4-5,10H2,1-3H3. The van der Waals surface area contributed by atoms with Crippen LogP contribution in [0.5, 0.6) is 0 Å². The Labute approximate surface area is 103 Å². The average molecular weight is 235 g/mol. The Hall–Kier alpha value is -1.35. The zero-order chi connectivity index (χ0) is 12.8. The van der Waals surface area contributed by atoms with E-state index in [0.717, 1.165) is 5.56 Å².